The smallest absolute Gasteiger partial charge is 0.160 e. The van der Waals surface area contributed by atoms with Gasteiger partial charge in [-0.3, -0.25) is 0 Å². The van der Waals surface area contributed by atoms with Gasteiger partial charge in [0.05, 0.1) is 44.4 Å². The second-order valence-electron chi connectivity index (χ2n) is 15.3. The van der Waals surface area contributed by atoms with Crippen LogP contribution in [0.15, 0.2) is 199 Å². The van der Waals surface area contributed by atoms with E-state index in [-0.39, 0.29) is 0 Å². The quantitative estimate of drug-likeness (QED) is 0.180. The zero-order valence-electron chi connectivity index (χ0n) is 31.7. The second kappa shape index (κ2) is 12.2. The molecule has 0 N–H and O–H groups in total. The van der Waals surface area contributed by atoms with Crippen LogP contribution in [0.5, 0.6) is 0 Å². The summed E-state index contributed by atoms with van der Waals surface area (Å²) in [5.74, 6) is 0.699. The summed E-state index contributed by atoms with van der Waals surface area (Å²) in [7, 11) is 0. The Hall–Kier alpha value is -8.02. The first kappa shape index (κ1) is 32.1. The van der Waals surface area contributed by atoms with Gasteiger partial charge in [0, 0.05) is 54.5 Å². The zero-order chi connectivity index (χ0) is 38.6. The molecule has 4 heterocycles. The number of hydrogen-bond donors (Lipinski definition) is 0. The van der Waals surface area contributed by atoms with Crippen molar-refractivity contribution in [1.29, 1.82) is 0 Å². The summed E-state index contributed by atoms with van der Waals surface area (Å²) in [5, 5.41) is 10.3. The molecule has 9 aromatic carbocycles. The van der Waals surface area contributed by atoms with E-state index in [1.165, 1.54) is 21.5 Å². The molecule has 0 atom stereocenters. The minimum Gasteiger partial charge on any atom is -0.455 e. The van der Waals surface area contributed by atoms with Crippen LogP contribution in [0.3, 0.4) is 0 Å². The van der Waals surface area contributed by atoms with Gasteiger partial charge in [-0.2, -0.15) is 0 Å². The van der Waals surface area contributed by atoms with E-state index in [2.05, 4.69) is 179 Å². The van der Waals surface area contributed by atoms with Gasteiger partial charge in [0.15, 0.2) is 5.82 Å². The summed E-state index contributed by atoms with van der Waals surface area (Å²) in [5.41, 5.74) is 12.4. The molecule has 0 fully saturated rings. The highest BCUT2D eigenvalue weighted by atomic mass is 16.3. The van der Waals surface area contributed by atoms with E-state index in [1.807, 2.05) is 24.3 Å². The van der Waals surface area contributed by atoms with Crippen LogP contribution >= 0.6 is 0 Å². The highest BCUT2D eigenvalue weighted by molar-refractivity contribution is 6.29. The Labute approximate surface area is 337 Å². The highest BCUT2D eigenvalue weighted by Gasteiger charge is 2.25. The largest absolute Gasteiger partial charge is 0.455 e. The standard InChI is InChI=1S/C54H32N4O/c1-2-14-34(15-3-1)50-42-20-6-9-21-44(42)55-54(56-50)35-25-27-36(28-26-35)57-46-22-10-7-18-38(46)40-29-30-43-49-47(32-31-41-39-19-8-11-24-48(39)59-53(41)49)58(52(43)51(40)57)45-23-12-16-33-13-4-5-17-37(33)45/h1-32H. The molecule has 0 unspecified atom stereocenters. The van der Waals surface area contributed by atoms with Gasteiger partial charge in [-0.25, -0.2) is 9.97 Å². The molecule has 0 saturated carbocycles. The first-order valence-electron chi connectivity index (χ1n) is 20.0. The Kier molecular flexibility index (Phi) is 6.66. The number of furan rings is 1. The van der Waals surface area contributed by atoms with Crippen molar-refractivity contribution in [2.45, 2.75) is 0 Å². The van der Waals surface area contributed by atoms with E-state index in [9.17, 15) is 0 Å². The molecule has 0 radical (unpaired) electrons. The minimum absolute atomic E-state index is 0.699. The number of hydrogen-bond acceptors (Lipinski definition) is 3. The van der Waals surface area contributed by atoms with Crippen LogP contribution < -0.4 is 0 Å². The van der Waals surface area contributed by atoms with Gasteiger partial charge in [0.25, 0.3) is 0 Å². The molecule has 0 aliphatic rings. The van der Waals surface area contributed by atoms with Crippen LogP contribution in [0, 0.1) is 0 Å². The Balaban J connectivity index is 1.12. The maximum absolute atomic E-state index is 6.78. The predicted octanol–water partition coefficient (Wildman–Crippen LogP) is 14.2. The van der Waals surface area contributed by atoms with Crippen molar-refractivity contribution in [3.05, 3.63) is 194 Å². The molecule has 274 valence electrons. The van der Waals surface area contributed by atoms with Gasteiger partial charge < -0.3 is 13.6 Å². The summed E-state index contributed by atoms with van der Waals surface area (Å²) >= 11 is 0. The maximum atomic E-state index is 6.78. The molecule has 0 amide bonds. The monoisotopic (exact) mass is 752 g/mol. The number of aromatic nitrogens is 4. The molecule has 5 heteroatoms. The minimum atomic E-state index is 0.699. The molecule has 13 aromatic rings. The van der Waals surface area contributed by atoms with E-state index >= 15 is 0 Å². The average Bonchev–Trinajstić information content (AvgIpc) is 3.96. The molecule has 0 aliphatic carbocycles. The molecular weight excluding hydrogens is 721 g/mol. The molecule has 0 bridgehead atoms. The molecule has 59 heavy (non-hydrogen) atoms. The Bertz CT molecular complexity index is 3830. The highest BCUT2D eigenvalue weighted by Crippen LogP contribution is 2.46. The van der Waals surface area contributed by atoms with Crippen molar-refractivity contribution < 1.29 is 4.42 Å². The van der Waals surface area contributed by atoms with Crippen LogP contribution in [0.2, 0.25) is 0 Å². The van der Waals surface area contributed by atoms with Crippen LogP contribution in [0.1, 0.15) is 0 Å². The molecular formula is C54H32N4O. The zero-order valence-corrected chi connectivity index (χ0v) is 31.7. The van der Waals surface area contributed by atoms with Crippen molar-refractivity contribution in [1.82, 2.24) is 19.1 Å². The lowest BCUT2D eigenvalue weighted by Crippen LogP contribution is -2.00. The Morgan fingerprint density at radius 3 is 1.95 bits per heavy atom. The second-order valence-corrected chi connectivity index (χ2v) is 15.3. The first-order valence-corrected chi connectivity index (χ1v) is 20.0. The lowest BCUT2D eigenvalue weighted by Gasteiger charge is -2.15. The number of para-hydroxylation sites is 3. The third-order valence-electron chi connectivity index (χ3n) is 12.1. The normalized spacial score (nSPS) is 12.1. The lowest BCUT2D eigenvalue weighted by molar-refractivity contribution is 0.673. The summed E-state index contributed by atoms with van der Waals surface area (Å²) in [4.78, 5) is 10.2. The number of benzene rings is 9. The van der Waals surface area contributed by atoms with E-state index in [0.29, 0.717) is 5.82 Å². The number of fused-ring (bicyclic) bond motifs is 13. The summed E-state index contributed by atoms with van der Waals surface area (Å²) in [6.07, 6.45) is 0. The van der Waals surface area contributed by atoms with Gasteiger partial charge >= 0.3 is 0 Å². The van der Waals surface area contributed by atoms with Gasteiger partial charge in [-0.15, -0.1) is 0 Å². The predicted molar refractivity (Wildman–Crippen MR) is 244 cm³/mol. The summed E-state index contributed by atoms with van der Waals surface area (Å²) in [6.45, 7) is 0. The van der Waals surface area contributed by atoms with Gasteiger partial charge in [0.1, 0.15) is 11.2 Å². The SMILES string of the molecule is c1ccc(-c2nc(-c3ccc(-n4c5ccccc5c5ccc6c7c8oc9ccccc9c8ccc7n(-c7cccc8ccccc78)c6c54)cc3)nc3ccccc23)cc1. The molecule has 0 saturated heterocycles. The fraction of sp³-hybridized carbons (Fsp3) is 0. The summed E-state index contributed by atoms with van der Waals surface area (Å²) < 4.78 is 11.7. The van der Waals surface area contributed by atoms with Crippen molar-refractivity contribution in [2.75, 3.05) is 0 Å². The van der Waals surface area contributed by atoms with Crippen LogP contribution in [0.25, 0.3) is 121 Å². The fourth-order valence-electron chi connectivity index (χ4n) is 9.52. The maximum Gasteiger partial charge on any atom is 0.160 e. The van der Waals surface area contributed by atoms with Crippen molar-refractivity contribution in [3.63, 3.8) is 0 Å². The van der Waals surface area contributed by atoms with Crippen LogP contribution in [-0.2, 0) is 0 Å². The average molecular weight is 753 g/mol. The Morgan fingerprint density at radius 1 is 0.390 bits per heavy atom. The van der Waals surface area contributed by atoms with E-state index in [1.54, 1.807) is 0 Å². The van der Waals surface area contributed by atoms with Crippen molar-refractivity contribution in [2.24, 2.45) is 0 Å². The number of nitrogens with zero attached hydrogens (tertiary/aromatic N) is 4. The van der Waals surface area contributed by atoms with Gasteiger partial charge in [-0.05, 0) is 66.0 Å². The van der Waals surface area contributed by atoms with E-state index in [4.69, 9.17) is 14.4 Å². The number of rotatable bonds is 4. The van der Waals surface area contributed by atoms with E-state index in [0.717, 1.165) is 93.9 Å². The molecule has 13 rings (SSSR count). The van der Waals surface area contributed by atoms with Crippen LogP contribution in [-0.4, -0.2) is 19.1 Å². The van der Waals surface area contributed by atoms with Gasteiger partial charge in [-0.1, -0.05) is 133 Å². The molecule has 0 spiro atoms. The van der Waals surface area contributed by atoms with Crippen molar-refractivity contribution >= 4 is 87.2 Å². The fourth-order valence-corrected chi connectivity index (χ4v) is 9.52. The van der Waals surface area contributed by atoms with E-state index < -0.39 is 0 Å². The Morgan fingerprint density at radius 2 is 1.07 bits per heavy atom. The lowest BCUT2D eigenvalue weighted by atomic mass is 10.1. The van der Waals surface area contributed by atoms with Crippen molar-refractivity contribution in [3.8, 4) is 34.0 Å². The molecule has 4 aromatic heterocycles. The summed E-state index contributed by atoms with van der Waals surface area (Å²) in [6, 6.07) is 68.9. The topological polar surface area (TPSA) is 48.8 Å². The van der Waals surface area contributed by atoms with Crippen LogP contribution in [0.4, 0.5) is 0 Å². The van der Waals surface area contributed by atoms with Gasteiger partial charge in [0.2, 0.25) is 0 Å². The molecule has 5 nitrogen and oxygen atoms in total. The third-order valence-corrected chi connectivity index (χ3v) is 12.1. The molecule has 0 aliphatic heterocycles. The first-order chi connectivity index (χ1) is 29.3. The third kappa shape index (κ3) is 4.61.